The summed E-state index contributed by atoms with van der Waals surface area (Å²) in [6.07, 6.45) is 2.69. The van der Waals surface area contributed by atoms with E-state index in [9.17, 15) is 0 Å². The minimum Gasteiger partial charge on any atom is -0.330 e. The summed E-state index contributed by atoms with van der Waals surface area (Å²) in [7, 11) is 2.18. The van der Waals surface area contributed by atoms with Gasteiger partial charge in [-0.1, -0.05) is 6.92 Å². The molecule has 2 nitrogen and oxygen atoms in total. The lowest BCUT2D eigenvalue weighted by Gasteiger charge is -2.36. The highest BCUT2D eigenvalue weighted by Crippen LogP contribution is 2.20. The first-order valence-electron chi connectivity index (χ1n) is 4.61. The Morgan fingerprint density at radius 3 is 2.64 bits per heavy atom. The Kier molecular flexibility index (Phi) is 3.34. The molecule has 1 atom stereocenters. The smallest absolute Gasteiger partial charge is 0.00190 e. The summed E-state index contributed by atoms with van der Waals surface area (Å²) in [6.45, 7) is 5.69. The van der Waals surface area contributed by atoms with Crippen LogP contribution >= 0.6 is 0 Å². The number of hydrogen-bond acceptors (Lipinski definition) is 2. The zero-order valence-corrected chi connectivity index (χ0v) is 7.71. The average Bonchev–Trinajstić information content (AvgIpc) is 1.95. The van der Waals surface area contributed by atoms with Crippen LogP contribution in [0.25, 0.3) is 0 Å². The Morgan fingerprint density at radius 1 is 1.55 bits per heavy atom. The highest BCUT2D eigenvalue weighted by molar-refractivity contribution is 4.77. The summed E-state index contributed by atoms with van der Waals surface area (Å²) < 4.78 is 0. The Hall–Kier alpha value is -0.0800. The lowest BCUT2D eigenvalue weighted by molar-refractivity contribution is 0.121. The van der Waals surface area contributed by atoms with Crippen molar-refractivity contribution >= 4 is 0 Å². The number of likely N-dealkylation sites (tertiary alicyclic amines) is 1. The summed E-state index contributed by atoms with van der Waals surface area (Å²) in [5.41, 5.74) is 5.53. The van der Waals surface area contributed by atoms with Crippen molar-refractivity contribution in [3.05, 3.63) is 0 Å². The first-order chi connectivity index (χ1) is 5.22. The number of nitrogens with two attached hydrogens (primary N) is 1. The molecule has 0 aromatic heterocycles. The summed E-state index contributed by atoms with van der Waals surface area (Å²) >= 11 is 0. The van der Waals surface area contributed by atoms with Gasteiger partial charge in [0.05, 0.1) is 0 Å². The molecule has 0 amide bonds. The topological polar surface area (TPSA) is 29.3 Å². The lowest BCUT2D eigenvalue weighted by atomic mass is 9.91. The standard InChI is InChI=1S/C9H20N2/c1-8(5-10)3-4-9-6-11(2)7-9/h8-9H,3-7,10H2,1-2H3. The van der Waals surface area contributed by atoms with E-state index < -0.39 is 0 Å². The molecule has 0 saturated carbocycles. The van der Waals surface area contributed by atoms with Gasteiger partial charge in [-0.05, 0) is 38.3 Å². The predicted molar refractivity (Wildman–Crippen MR) is 48.4 cm³/mol. The molecule has 1 saturated heterocycles. The van der Waals surface area contributed by atoms with E-state index in [2.05, 4.69) is 18.9 Å². The van der Waals surface area contributed by atoms with Crippen LogP contribution in [0, 0.1) is 11.8 Å². The van der Waals surface area contributed by atoms with E-state index in [1.165, 1.54) is 25.9 Å². The normalized spacial score (nSPS) is 23.2. The molecule has 1 fully saturated rings. The fraction of sp³-hybridized carbons (Fsp3) is 1.00. The second-order valence-corrected chi connectivity index (χ2v) is 4.01. The van der Waals surface area contributed by atoms with Gasteiger partial charge in [-0.15, -0.1) is 0 Å². The quantitative estimate of drug-likeness (QED) is 0.656. The maximum atomic E-state index is 5.53. The Labute approximate surface area is 69.8 Å². The van der Waals surface area contributed by atoms with Crippen molar-refractivity contribution in [1.29, 1.82) is 0 Å². The van der Waals surface area contributed by atoms with Crippen LogP contribution in [-0.2, 0) is 0 Å². The summed E-state index contributed by atoms with van der Waals surface area (Å²) in [5, 5.41) is 0. The Balaban J connectivity index is 1.96. The van der Waals surface area contributed by atoms with E-state index in [0.29, 0.717) is 0 Å². The van der Waals surface area contributed by atoms with Crippen molar-refractivity contribution < 1.29 is 0 Å². The van der Waals surface area contributed by atoms with Gasteiger partial charge < -0.3 is 10.6 Å². The minimum absolute atomic E-state index is 0.723. The largest absolute Gasteiger partial charge is 0.330 e. The van der Waals surface area contributed by atoms with Crippen LogP contribution in [0.15, 0.2) is 0 Å². The maximum absolute atomic E-state index is 5.53. The third-order valence-electron chi connectivity index (χ3n) is 2.61. The van der Waals surface area contributed by atoms with E-state index in [0.717, 1.165) is 18.4 Å². The van der Waals surface area contributed by atoms with Gasteiger partial charge in [0.25, 0.3) is 0 Å². The zero-order chi connectivity index (χ0) is 8.27. The van der Waals surface area contributed by atoms with Crippen molar-refractivity contribution in [2.24, 2.45) is 17.6 Å². The summed E-state index contributed by atoms with van der Waals surface area (Å²) in [4.78, 5) is 2.37. The van der Waals surface area contributed by atoms with Gasteiger partial charge >= 0.3 is 0 Å². The first kappa shape index (κ1) is 9.01. The van der Waals surface area contributed by atoms with Crippen LogP contribution in [0.1, 0.15) is 19.8 Å². The monoisotopic (exact) mass is 156 g/mol. The lowest BCUT2D eigenvalue weighted by Crippen LogP contribution is -2.43. The van der Waals surface area contributed by atoms with Crippen LogP contribution in [0.4, 0.5) is 0 Å². The SMILES string of the molecule is CC(CN)CCC1CN(C)C1. The van der Waals surface area contributed by atoms with E-state index in [1.807, 2.05) is 0 Å². The zero-order valence-electron chi connectivity index (χ0n) is 7.71. The highest BCUT2D eigenvalue weighted by atomic mass is 15.2. The molecule has 11 heavy (non-hydrogen) atoms. The number of hydrogen-bond donors (Lipinski definition) is 1. The van der Waals surface area contributed by atoms with E-state index in [1.54, 1.807) is 0 Å². The Bertz CT molecular complexity index is 108. The fourth-order valence-corrected chi connectivity index (χ4v) is 1.65. The summed E-state index contributed by atoms with van der Waals surface area (Å²) in [5.74, 6) is 1.69. The molecule has 1 aliphatic rings. The molecule has 1 unspecified atom stereocenters. The molecule has 0 aromatic carbocycles. The van der Waals surface area contributed by atoms with Crippen molar-refractivity contribution in [1.82, 2.24) is 4.90 Å². The van der Waals surface area contributed by atoms with Crippen LogP contribution in [0.2, 0.25) is 0 Å². The van der Waals surface area contributed by atoms with Gasteiger partial charge in [0.1, 0.15) is 0 Å². The van der Waals surface area contributed by atoms with Gasteiger partial charge in [-0.2, -0.15) is 0 Å². The van der Waals surface area contributed by atoms with Gasteiger partial charge in [-0.25, -0.2) is 0 Å². The van der Waals surface area contributed by atoms with Crippen molar-refractivity contribution in [3.8, 4) is 0 Å². The third kappa shape index (κ3) is 2.80. The molecule has 0 bridgehead atoms. The predicted octanol–water partition coefficient (Wildman–Crippen LogP) is 0.923. The molecule has 66 valence electrons. The van der Waals surface area contributed by atoms with Crippen LogP contribution in [-0.4, -0.2) is 31.6 Å². The molecular weight excluding hydrogens is 136 g/mol. The van der Waals surface area contributed by atoms with Crippen molar-refractivity contribution in [2.75, 3.05) is 26.7 Å². The molecule has 0 spiro atoms. The molecule has 2 heteroatoms. The van der Waals surface area contributed by atoms with E-state index >= 15 is 0 Å². The minimum atomic E-state index is 0.723. The highest BCUT2D eigenvalue weighted by Gasteiger charge is 2.22. The third-order valence-corrected chi connectivity index (χ3v) is 2.61. The molecule has 1 heterocycles. The first-order valence-corrected chi connectivity index (χ1v) is 4.61. The molecular formula is C9H20N2. The number of rotatable bonds is 4. The second kappa shape index (κ2) is 4.07. The molecule has 0 aromatic rings. The molecule has 0 radical (unpaired) electrons. The molecule has 1 rings (SSSR count). The average molecular weight is 156 g/mol. The summed E-state index contributed by atoms with van der Waals surface area (Å²) in [6, 6.07) is 0. The molecule has 1 aliphatic heterocycles. The van der Waals surface area contributed by atoms with Crippen LogP contribution in [0.5, 0.6) is 0 Å². The fourth-order valence-electron chi connectivity index (χ4n) is 1.65. The molecule has 0 aliphatic carbocycles. The Morgan fingerprint density at radius 2 is 2.18 bits per heavy atom. The van der Waals surface area contributed by atoms with Crippen LogP contribution in [0.3, 0.4) is 0 Å². The van der Waals surface area contributed by atoms with Crippen molar-refractivity contribution in [3.63, 3.8) is 0 Å². The van der Waals surface area contributed by atoms with Gasteiger partial charge in [0, 0.05) is 13.1 Å². The van der Waals surface area contributed by atoms with Gasteiger partial charge in [0.2, 0.25) is 0 Å². The second-order valence-electron chi connectivity index (χ2n) is 4.01. The van der Waals surface area contributed by atoms with E-state index in [-0.39, 0.29) is 0 Å². The van der Waals surface area contributed by atoms with Gasteiger partial charge in [0.15, 0.2) is 0 Å². The number of nitrogens with zero attached hydrogens (tertiary/aromatic N) is 1. The van der Waals surface area contributed by atoms with Gasteiger partial charge in [-0.3, -0.25) is 0 Å². The van der Waals surface area contributed by atoms with E-state index in [4.69, 9.17) is 5.73 Å². The van der Waals surface area contributed by atoms with Crippen LogP contribution < -0.4 is 5.73 Å². The molecule has 2 N–H and O–H groups in total. The van der Waals surface area contributed by atoms with Crippen molar-refractivity contribution in [2.45, 2.75) is 19.8 Å². The maximum Gasteiger partial charge on any atom is 0.00190 e.